The van der Waals surface area contributed by atoms with Gasteiger partial charge in [-0.15, -0.1) is 0 Å². The van der Waals surface area contributed by atoms with Gasteiger partial charge in [0.15, 0.2) is 12.4 Å². The van der Waals surface area contributed by atoms with E-state index >= 15 is 0 Å². The first-order valence-electron chi connectivity index (χ1n) is 11.9. The van der Waals surface area contributed by atoms with Crippen LogP contribution in [0.5, 0.6) is 0 Å². The molecule has 45 heavy (non-hydrogen) atoms. The zero-order valence-electron chi connectivity index (χ0n) is 22.7. The van der Waals surface area contributed by atoms with Crippen LogP contribution >= 0.6 is 0 Å². The highest BCUT2D eigenvalue weighted by atomic mass is 32.3. The van der Waals surface area contributed by atoms with Crippen LogP contribution in [0.1, 0.15) is 12.5 Å². The highest BCUT2D eigenvalue weighted by Crippen LogP contribution is 2.32. The fourth-order valence-electron chi connectivity index (χ4n) is 3.73. The molecule has 5 atom stereocenters. The van der Waals surface area contributed by atoms with Crippen molar-refractivity contribution < 1.29 is 87.7 Å². The summed E-state index contributed by atoms with van der Waals surface area (Å²) in [5, 5.41) is 2.34. The van der Waals surface area contributed by atoms with Gasteiger partial charge in [-0.2, -0.15) is 33.7 Å². The second-order valence-corrected chi connectivity index (χ2v) is 13.0. The Labute approximate surface area is 257 Å². The lowest BCUT2D eigenvalue weighted by Gasteiger charge is -2.43. The summed E-state index contributed by atoms with van der Waals surface area (Å²) in [5.41, 5.74) is 0.716. The SMILES string of the molecule is CC(=O)N(CC(=O)NCCO[C@H]1O[C@H](COS(=O)(=O)O)[C@@H](OS(=O)(=O)O)[C@H](OS(=O)(=O)O)[C@@H]1OS(=O)(=O)O)Cc1ccccc1. The summed E-state index contributed by atoms with van der Waals surface area (Å²) in [6, 6.07) is 8.63. The first kappa shape index (κ1) is 38.7. The Kier molecular flexibility index (Phi) is 13.7. The minimum atomic E-state index is -5.69. The zero-order chi connectivity index (χ0) is 34.2. The molecule has 2 rings (SSSR count). The van der Waals surface area contributed by atoms with Crippen LogP contribution in [-0.4, -0.2) is 126 Å². The van der Waals surface area contributed by atoms with Gasteiger partial charge < -0.3 is 19.7 Å². The number of nitrogens with zero attached hydrogens (tertiary/aromatic N) is 1. The smallest absolute Gasteiger partial charge is 0.352 e. The van der Waals surface area contributed by atoms with E-state index in [1.807, 2.05) is 0 Å². The van der Waals surface area contributed by atoms with Crippen LogP contribution in [0.2, 0.25) is 0 Å². The van der Waals surface area contributed by atoms with Gasteiger partial charge in [0.2, 0.25) is 11.8 Å². The van der Waals surface area contributed by atoms with Crippen LogP contribution in [-0.2, 0) is 83.9 Å². The summed E-state index contributed by atoms with van der Waals surface area (Å²) in [7, 11) is -22.3. The van der Waals surface area contributed by atoms with Gasteiger partial charge in [-0.25, -0.2) is 16.7 Å². The van der Waals surface area contributed by atoms with E-state index in [9.17, 15) is 52.4 Å². The van der Waals surface area contributed by atoms with Crippen molar-refractivity contribution in [3.63, 3.8) is 0 Å². The molecular formula is C19H28N2O20S4. The molecule has 0 radical (unpaired) electrons. The summed E-state index contributed by atoms with van der Waals surface area (Å²) in [5.74, 6) is -1.16. The minimum absolute atomic E-state index is 0.0830. The average Bonchev–Trinajstić information content (AvgIpc) is 2.86. The van der Waals surface area contributed by atoms with Gasteiger partial charge in [0.05, 0.1) is 19.8 Å². The van der Waals surface area contributed by atoms with E-state index in [0.29, 0.717) is 5.56 Å². The summed E-state index contributed by atoms with van der Waals surface area (Å²) in [6.07, 6.45) is -12.5. The van der Waals surface area contributed by atoms with Crippen LogP contribution in [0.25, 0.3) is 0 Å². The highest BCUT2D eigenvalue weighted by Gasteiger charge is 2.54. The Bertz CT molecular complexity index is 1600. The third kappa shape index (κ3) is 15.1. The van der Waals surface area contributed by atoms with Gasteiger partial charge in [-0.3, -0.25) is 27.8 Å². The van der Waals surface area contributed by atoms with Crippen LogP contribution < -0.4 is 5.32 Å². The fourth-order valence-corrected chi connectivity index (χ4v) is 5.53. The summed E-state index contributed by atoms with van der Waals surface area (Å²) >= 11 is 0. The first-order chi connectivity index (χ1) is 20.5. The van der Waals surface area contributed by atoms with E-state index in [1.54, 1.807) is 30.3 Å². The Hall–Kier alpha value is -2.44. The third-order valence-corrected chi connectivity index (χ3v) is 7.20. The molecule has 0 spiro atoms. The molecule has 1 aromatic carbocycles. The molecule has 1 saturated heterocycles. The molecule has 0 unspecified atom stereocenters. The molecule has 5 N–H and O–H groups in total. The quantitative estimate of drug-likeness (QED) is 0.0802. The van der Waals surface area contributed by atoms with Crippen LogP contribution in [0.4, 0.5) is 0 Å². The van der Waals surface area contributed by atoms with E-state index in [1.165, 1.54) is 11.8 Å². The molecule has 1 fully saturated rings. The molecule has 1 aromatic rings. The first-order valence-corrected chi connectivity index (χ1v) is 17.4. The van der Waals surface area contributed by atoms with E-state index in [-0.39, 0.29) is 6.54 Å². The number of hydrogen-bond donors (Lipinski definition) is 5. The molecule has 26 heteroatoms. The Balaban J connectivity index is 2.26. The average molecular weight is 733 g/mol. The predicted octanol–water partition coefficient (Wildman–Crippen LogP) is -2.72. The zero-order valence-corrected chi connectivity index (χ0v) is 26.0. The fraction of sp³-hybridized carbons (Fsp3) is 0.579. The highest BCUT2D eigenvalue weighted by molar-refractivity contribution is 7.81. The van der Waals surface area contributed by atoms with E-state index in [0.717, 1.165) is 0 Å². The molecule has 1 aliphatic rings. The van der Waals surface area contributed by atoms with Gasteiger partial charge in [-0.05, 0) is 5.56 Å². The molecule has 2 amide bonds. The number of carbonyl (C=O) groups is 2. The number of hydrogen-bond acceptors (Lipinski definition) is 16. The lowest BCUT2D eigenvalue weighted by atomic mass is 9.99. The number of amides is 2. The maximum absolute atomic E-state index is 12.4. The van der Waals surface area contributed by atoms with Gasteiger partial charge >= 0.3 is 41.6 Å². The normalized spacial score (nSPS) is 22.9. The second-order valence-electron chi connectivity index (χ2n) is 8.80. The van der Waals surface area contributed by atoms with E-state index < -0.39 is 110 Å². The van der Waals surface area contributed by atoms with E-state index in [2.05, 4.69) is 22.0 Å². The molecule has 258 valence electrons. The molecule has 0 aromatic heterocycles. The summed E-state index contributed by atoms with van der Waals surface area (Å²) in [4.78, 5) is 25.6. The molecule has 0 aliphatic carbocycles. The lowest BCUT2D eigenvalue weighted by Crippen LogP contribution is -2.63. The number of carbonyl (C=O) groups excluding carboxylic acids is 2. The molecule has 1 heterocycles. The van der Waals surface area contributed by atoms with Crippen molar-refractivity contribution >= 4 is 53.4 Å². The lowest BCUT2D eigenvalue weighted by molar-refractivity contribution is -0.285. The second kappa shape index (κ2) is 15.9. The van der Waals surface area contributed by atoms with E-state index in [4.69, 9.17) is 18.6 Å². The van der Waals surface area contributed by atoms with Crippen LogP contribution in [0.3, 0.4) is 0 Å². The number of ether oxygens (including phenoxy) is 2. The van der Waals surface area contributed by atoms with Crippen molar-refractivity contribution in [2.75, 3.05) is 26.3 Å². The summed E-state index contributed by atoms with van der Waals surface area (Å²) < 4.78 is 155. The Morgan fingerprint density at radius 3 is 1.87 bits per heavy atom. The third-order valence-electron chi connectivity index (χ3n) is 5.37. The van der Waals surface area contributed by atoms with Gasteiger partial charge in [-0.1, -0.05) is 30.3 Å². The monoisotopic (exact) mass is 732 g/mol. The molecule has 0 bridgehead atoms. The van der Waals surface area contributed by atoms with Crippen LogP contribution in [0, 0.1) is 0 Å². The Morgan fingerprint density at radius 2 is 1.36 bits per heavy atom. The van der Waals surface area contributed by atoms with Crippen molar-refractivity contribution in [2.24, 2.45) is 0 Å². The predicted molar refractivity (Wildman–Crippen MR) is 142 cm³/mol. The van der Waals surface area contributed by atoms with Gasteiger partial charge in [0.25, 0.3) is 0 Å². The molecule has 1 aliphatic heterocycles. The number of benzene rings is 1. The maximum atomic E-state index is 12.4. The van der Waals surface area contributed by atoms with Crippen molar-refractivity contribution in [1.29, 1.82) is 0 Å². The molecule has 0 saturated carbocycles. The molecular weight excluding hydrogens is 704 g/mol. The molecule has 22 nitrogen and oxygen atoms in total. The maximum Gasteiger partial charge on any atom is 0.397 e. The topological polar surface area (TPSA) is 322 Å². The number of nitrogens with one attached hydrogen (secondary N) is 1. The van der Waals surface area contributed by atoms with Crippen molar-refractivity contribution in [3.05, 3.63) is 35.9 Å². The van der Waals surface area contributed by atoms with Gasteiger partial charge in [0.1, 0.15) is 18.3 Å². The largest absolute Gasteiger partial charge is 0.397 e. The minimum Gasteiger partial charge on any atom is -0.352 e. The van der Waals surface area contributed by atoms with Gasteiger partial charge in [0, 0.05) is 20.0 Å². The van der Waals surface area contributed by atoms with Crippen molar-refractivity contribution in [1.82, 2.24) is 10.2 Å². The van der Waals surface area contributed by atoms with Crippen molar-refractivity contribution in [3.8, 4) is 0 Å². The Morgan fingerprint density at radius 1 is 0.822 bits per heavy atom. The van der Waals surface area contributed by atoms with Crippen molar-refractivity contribution in [2.45, 2.75) is 44.2 Å². The summed E-state index contributed by atoms with van der Waals surface area (Å²) in [6.45, 7) is -1.67. The standard InChI is InChI=1S/C19H28N2O20S4/c1-12(22)21(9-13-5-3-2-4-6-13)10-15(23)20-7-8-36-19-18(41-45(33,34)35)17(40-44(30,31)32)16(39-43(27,28)29)14(38-19)11-37-42(24,25)26/h2-6,14,16-19H,7-11H2,1H3,(H,20,23)(H,24,25,26)(H,27,28,29)(H,30,31,32)(H,33,34,35)/t14-,16-,17+,18+,19+/m1/s1. The number of rotatable bonds is 17. The van der Waals surface area contributed by atoms with Crippen LogP contribution in [0.15, 0.2) is 30.3 Å².